The van der Waals surface area contributed by atoms with E-state index in [4.69, 9.17) is 9.72 Å². The van der Waals surface area contributed by atoms with Gasteiger partial charge in [-0.25, -0.2) is 4.98 Å². The van der Waals surface area contributed by atoms with E-state index in [1.807, 2.05) is 12.1 Å². The number of aromatic nitrogens is 2. The summed E-state index contributed by atoms with van der Waals surface area (Å²) >= 11 is 0. The predicted octanol–water partition coefficient (Wildman–Crippen LogP) is 4.50. The molecule has 1 aliphatic heterocycles. The first-order valence-corrected chi connectivity index (χ1v) is 9.80. The molecule has 0 bridgehead atoms. The maximum Gasteiger partial charge on any atom is 0.137 e. The number of morpholine rings is 1. The molecule has 5 rings (SSSR count). The van der Waals surface area contributed by atoms with Crippen molar-refractivity contribution in [2.24, 2.45) is 0 Å². The molecule has 3 heterocycles. The lowest BCUT2D eigenvalue weighted by atomic mass is 10.0. The second kappa shape index (κ2) is 7.58. The van der Waals surface area contributed by atoms with E-state index in [0.29, 0.717) is 0 Å². The van der Waals surface area contributed by atoms with Crippen LogP contribution in [0.3, 0.4) is 0 Å². The van der Waals surface area contributed by atoms with Gasteiger partial charge in [-0.05, 0) is 23.3 Å². The number of fused-ring (bicyclic) bond motifs is 1. The van der Waals surface area contributed by atoms with Crippen LogP contribution in [0.25, 0.3) is 28.0 Å². The van der Waals surface area contributed by atoms with Crippen LogP contribution >= 0.6 is 0 Å². The maximum absolute atomic E-state index is 5.51. The summed E-state index contributed by atoms with van der Waals surface area (Å²) in [6.07, 6.45) is 2.11. The number of imidazole rings is 1. The first-order chi connectivity index (χ1) is 13.9. The maximum atomic E-state index is 5.51. The highest BCUT2D eigenvalue weighted by molar-refractivity contribution is 5.71. The van der Waals surface area contributed by atoms with Crippen LogP contribution in [0.4, 0.5) is 0 Å². The van der Waals surface area contributed by atoms with Gasteiger partial charge in [-0.3, -0.25) is 4.90 Å². The number of rotatable bonds is 4. The molecule has 0 spiro atoms. The van der Waals surface area contributed by atoms with Gasteiger partial charge >= 0.3 is 0 Å². The molecule has 0 amide bonds. The highest BCUT2D eigenvalue weighted by atomic mass is 16.5. The third kappa shape index (κ3) is 3.33. The molecule has 140 valence electrons. The minimum absolute atomic E-state index is 0.803. The van der Waals surface area contributed by atoms with Crippen LogP contribution in [0.2, 0.25) is 0 Å². The summed E-state index contributed by atoms with van der Waals surface area (Å²) in [5, 5.41) is 0. The normalized spacial score (nSPS) is 15.1. The molecule has 0 aliphatic carbocycles. The summed E-state index contributed by atoms with van der Waals surface area (Å²) < 4.78 is 7.73. The lowest BCUT2D eigenvalue weighted by Gasteiger charge is -2.26. The molecule has 2 aromatic carbocycles. The van der Waals surface area contributed by atoms with Crippen molar-refractivity contribution < 1.29 is 4.74 Å². The molecule has 28 heavy (non-hydrogen) atoms. The van der Waals surface area contributed by atoms with Crippen LogP contribution in [0.5, 0.6) is 0 Å². The third-order valence-corrected chi connectivity index (χ3v) is 5.37. The monoisotopic (exact) mass is 369 g/mol. The summed E-state index contributed by atoms with van der Waals surface area (Å²) in [4.78, 5) is 7.40. The molecule has 0 radical (unpaired) electrons. The topological polar surface area (TPSA) is 29.8 Å². The molecule has 0 N–H and O–H groups in total. The first-order valence-electron chi connectivity index (χ1n) is 9.80. The van der Waals surface area contributed by atoms with E-state index in [1.54, 1.807) is 0 Å². The minimum atomic E-state index is 0.803. The molecule has 0 unspecified atom stereocenters. The molecular formula is C24H23N3O. The van der Waals surface area contributed by atoms with E-state index in [9.17, 15) is 0 Å². The van der Waals surface area contributed by atoms with Crippen molar-refractivity contribution in [2.75, 3.05) is 26.3 Å². The molecule has 2 aromatic heterocycles. The summed E-state index contributed by atoms with van der Waals surface area (Å²) in [7, 11) is 0. The van der Waals surface area contributed by atoms with Crippen LogP contribution in [0.15, 0.2) is 79.0 Å². The largest absolute Gasteiger partial charge is 0.379 e. The van der Waals surface area contributed by atoms with E-state index in [1.165, 1.54) is 16.8 Å². The number of nitrogens with zero attached hydrogens (tertiary/aromatic N) is 3. The number of benzene rings is 2. The molecule has 4 nitrogen and oxygen atoms in total. The Bertz CT molecular complexity index is 1060. The molecule has 1 aliphatic rings. The van der Waals surface area contributed by atoms with E-state index < -0.39 is 0 Å². The Hall–Kier alpha value is -2.95. The van der Waals surface area contributed by atoms with Gasteiger partial charge in [0, 0.05) is 31.4 Å². The van der Waals surface area contributed by atoms with Gasteiger partial charge in [-0.2, -0.15) is 0 Å². The zero-order valence-electron chi connectivity index (χ0n) is 15.8. The van der Waals surface area contributed by atoms with Crippen molar-refractivity contribution in [2.45, 2.75) is 6.54 Å². The van der Waals surface area contributed by atoms with Crippen LogP contribution in [0, 0.1) is 0 Å². The number of pyridine rings is 1. The van der Waals surface area contributed by atoms with Crippen molar-refractivity contribution in [1.82, 2.24) is 14.3 Å². The molecule has 4 heteroatoms. The zero-order chi connectivity index (χ0) is 18.8. The smallest absolute Gasteiger partial charge is 0.137 e. The minimum Gasteiger partial charge on any atom is -0.379 e. The van der Waals surface area contributed by atoms with Gasteiger partial charge in [0.15, 0.2) is 0 Å². The Kier molecular flexibility index (Phi) is 4.65. The average molecular weight is 369 g/mol. The van der Waals surface area contributed by atoms with E-state index >= 15 is 0 Å². The van der Waals surface area contributed by atoms with E-state index in [2.05, 4.69) is 76.2 Å². The fourth-order valence-corrected chi connectivity index (χ4v) is 3.85. The van der Waals surface area contributed by atoms with Crippen LogP contribution in [0.1, 0.15) is 5.69 Å². The van der Waals surface area contributed by atoms with Gasteiger partial charge in [0.05, 0.1) is 24.6 Å². The SMILES string of the molecule is c1ccc(-c2ccc(-c3nc4ccccn4c3CN3CCOCC3)cc2)cc1. The predicted molar refractivity (Wildman–Crippen MR) is 112 cm³/mol. The number of hydrogen-bond acceptors (Lipinski definition) is 3. The van der Waals surface area contributed by atoms with Gasteiger partial charge in [0.25, 0.3) is 0 Å². The van der Waals surface area contributed by atoms with Crippen LogP contribution in [-0.4, -0.2) is 40.6 Å². The highest BCUT2D eigenvalue weighted by Gasteiger charge is 2.18. The lowest BCUT2D eigenvalue weighted by molar-refractivity contribution is 0.0336. The Morgan fingerprint density at radius 1 is 0.750 bits per heavy atom. The molecular weight excluding hydrogens is 346 g/mol. The second-order valence-electron chi connectivity index (χ2n) is 7.17. The molecule has 4 aromatic rings. The van der Waals surface area contributed by atoms with Crippen molar-refractivity contribution in [3.63, 3.8) is 0 Å². The molecule has 1 saturated heterocycles. The van der Waals surface area contributed by atoms with Crippen molar-refractivity contribution in [1.29, 1.82) is 0 Å². The Morgan fingerprint density at radius 3 is 2.21 bits per heavy atom. The lowest BCUT2D eigenvalue weighted by Crippen LogP contribution is -2.36. The molecule has 0 saturated carbocycles. The van der Waals surface area contributed by atoms with Crippen molar-refractivity contribution in [3.8, 4) is 22.4 Å². The van der Waals surface area contributed by atoms with Gasteiger partial charge < -0.3 is 9.14 Å². The van der Waals surface area contributed by atoms with Gasteiger partial charge in [0.1, 0.15) is 5.65 Å². The fourth-order valence-electron chi connectivity index (χ4n) is 3.85. The van der Waals surface area contributed by atoms with Crippen molar-refractivity contribution >= 4 is 5.65 Å². The fraction of sp³-hybridized carbons (Fsp3) is 0.208. The Balaban J connectivity index is 1.53. The third-order valence-electron chi connectivity index (χ3n) is 5.37. The van der Waals surface area contributed by atoms with E-state index in [-0.39, 0.29) is 0 Å². The highest BCUT2D eigenvalue weighted by Crippen LogP contribution is 2.28. The van der Waals surface area contributed by atoms with Gasteiger partial charge in [-0.1, -0.05) is 60.7 Å². The van der Waals surface area contributed by atoms with Crippen molar-refractivity contribution in [3.05, 3.63) is 84.7 Å². The summed E-state index contributed by atoms with van der Waals surface area (Å²) in [5.41, 5.74) is 6.92. The Labute approximate surface area is 165 Å². The Morgan fingerprint density at radius 2 is 1.43 bits per heavy atom. The van der Waals surface area contributed by atoms with Gasteiger partial charge in [-0.15, -0.1) is 0 Å². The standard InChI is InChI=1S/C24H23N3O/c1-2-6-19(7-3-1)20-9-11-21(12-10-20)24-22(18-26-14-16-28-17-15-26)27-13-5-4-8-23(27)25-24/h1-13H,14-18H2. The number of ether oxygens (including phenoxy) is 1. The first kappa shape index (κ1) is 17.2. The summed E-state index contributed by atoms with van der Waals surface area (Å²) in [6.45, 7) is 4.42. The van der Waals surface area contributed by atoms with Crippen LogP contribution < -0.4 is 0 Å². The summed E-state index contributed by atoms with van der Waals surface area (Å²) in [6, 6.07) is 25.4. The summed E-state index contributed by atoms with van der Waals surface area (Å²) in [5.74, 6) is 0. The average Bonchev–Trinajstić information content (AvgIpc) is 3.14. The van der Waals surface area contributed by atoms with Gasteiger partial charge in [0.2, 0.25) is 0 Å². The van der Waals surface area contributed by atoms with Crippen LogP contribution in [-0.2, 0) is 11.3 Å². The molecule has 0 atom stereocenters. The zero-order valence-corrected chi connectivity index (χ0v) is 15.8. The quantitative estimate of drug-likeness (QED) is 0.530. The van der Waals surface area contributed by atoms with E-state index in [0.717, 1.165) is 49.8 Å². The number of hydrogen-bond donors (Lipinski definition) is 0. The second-order valence-corrected chi connectivity index (χ2v) is 7.17. The molecule has 1 fully saturated rings.